The van der Waals surface area contributed by atoms with Gasteiger partial charge in [-0.15, -0.1) is 0 Å². The number of amides is 3. The fraction of sp³-hybridized carbons (Fsp3) is 0.526. The summed E-state index contributed by atoms with van der Waals surface area (Å²) in [6, 6.07) is 8.43. The molecule has 0 aromatic heterocycles. The molecule has 2 aliphatic rings. The van der Waals surface area contributed by atoms with E-state index in [0.29, 0.717) is 12.1 Å². The van der Waals surface area contributed by atoms with Crippen molar-refractivity contribution in [1.82, 2.24) is 4.90 Å². The van der Waals surface area contributed by atoms with Crippen molar-refractivity contribution in [2.24, 2.45) is 0 Å². The first-order valence-electron chi connectivity index (χ1n) is 8.86. The maximum atomic E-state index is 12.9. The van der Waals surface area contributed by atoms with Crippen molar-refractivity contribution in [2.45, 2.75) is 64.0 Å². The number of nitrogens with zero attached hydrogens (tertiary/aromatic N) is 2. The van der Waals surface area contributed by atoms with E-state index in [-0.39, 0.29) is 30.2 Å². The third-order valence-corrected chi connectivity index (χ3v) is 4.94. The third kappa shape index (κ3) is 3.07. The number of hydrogen-bond donors (Lipinski definition) is 0. The molecule has 1 aromatic carbocycles. The predicted octanol–water partition coefficient (Wildman–Crippen LogP) is 2.89. The van der Waals surface area contributed by atoms with Crippen LogP contribution in [0.3, 0.4) is 0 Å². The van der Waals surface area contributed by atoms with Crippen LogP contribution in [0.25, 0.3) is 0 Å². The van der Waals surface area contributed by atoms with Gasteiger partial charge in [0.2, 0.25) is 11.8 Å². The van der Waals surface area contributed by atoms with Gasteiger partial charge in [0.05, 0.1) is 12.1 Å². The van der Waals surface area contributed by atoms with Gasteiger partial charge in [0, 0.05) is 12.5 Å². The smallest absolute Gasteiger partial charge is 0.257 e. The Hall–Kier alpha value is -2.17. The maximum Gasteiger partial charge on any atom is 0.257 e. The van der Waals surface area contributed by atoms with Gasteiger partial charge >= 0.3 is 0 Å². The van der Waals surface area contributed by atoms with Crippen LogP contribution < -0.4 is 4.90 Å². The highest BCUT2D eigenvalue weighted by Gasteiger charge is 2.46. The van der Waals surface area contributed by atoms with E-state index in [1.807, 2.05) is 13.0 Å². The Kier molecular flexibility index (Phi) is 4.97. The van der Waals surface area contributed by atoms with Crippen molar-refractivity contribution in [1.29, 1.82) is 0 Å². The first-order chi connectivity index (χ1) is 11.6. The number of rotatable bonds is 5. The Bertz CT molecular complexity index is 623. The summed E-state index contributed by atoms with van der Waals surface area (Å²) in [6.07, 6.45) is 5.30. The van der Waals surface area contributed by atoms with Crippen molar-refractivity contribution in [2.75, 3.05) is 4.90 Å². The average Bonchev–Trinajstić information content (AvgIpc) is 3.18. The molecule has 1 saturated carbocycles. The van der Waals surface area contributed by atoms with Crippen molar-refractivity contribution in [3.05, 3.63) is 30.3 Å². The molecule has 0 N–H and O–H groups in total. The Labute approximate surface area is 142 Å². The zero-order valence-corrected chi connectivity index (χ0v) is 14.1. The molecule has 1 unspecified atom stereocenters. The monoisotopic (exact) mass is 328 g/mol. The van der Waals surface area contributed by atoms with Crippen LogP contribution in [0.2, 0.25) is 0 Å². The summed E-state index contributed by atoms with van der Waals surface area (Å²) in [7, 11) is 0. The number of anilines is 1. The Balaban J connectivity index is 1.87. The van der Waals surface area contributed by atoms with Crippen LogP contribution in [0.4, 0.5) is 5.69 Å². The highest BCUT2D eigenvalue weighted by molar-refractivity contribution is 6.23. The van der Waals surface area contributed by atoms with E-state index >= 15 is 0 Å². The summed E-state index contributed by atoms with van der Waals surface area (Å²) >= 11 is 0. The van der Waals surface area contributed by atoms with E-state index in [9.17, 15) is 14.4 Å². The first-order valence-corrected chi connectivity index (χ1v) is 8.86. The summed E-state index contributed by atoms with van der Waals surface area (Å²) in [5, 5.41) is 0. The quantitative estimate of drug-likeness (QED) is 0.781. The molecule has 5 heteroatoms. The molecular weight excluding hydrogens is 304 g/mol. The molecule has 0 spiro atoms. The van der Waals surface area contributed by atoms with Gasteiger partial charge in [0.25, 0.3) is 5.91 Å². The molecule has 3 amide bonds. The minimum atomic E-state index is -0.639. The molecule has 24 heavy (non-hydrogen) atoms. The van der Waals surface area contributed by atoms with E-state index in [2.05, 4.69) is 0 Å². The lowest BCUT2D eigenvalue weighted by Crippen LogP contribution is -2.50. The zero-order valence-electron chi connectivity index (χ0n) is 14.1. The summed E-state index contributed by atoms with van der Waals surface area (Å²) < 4.78 is 0. The van der Waals surface area contributed by atoms with Crippen LogP contribution in [-0.2, 0) is 14.4 Å². The standard InChI is InChI=1S/C19H24N2O3/c1-2-8-17(22)20(14-11-6-7-12-14)16-13-18(23)21(19(16)24)15-9-4-3-5-10-15/h3-5,9-10,14,16H,2,6-8,11-13H2,1H3. The first kappa shape index (κ1) is 16.7. The maximum absolute atomic E-state index is 12.9. The number of benzene rings is 1. The number of carbonyl (C=O) groups is 3. The van der Waals surface area contributed by atoms with Crippen LogP contribution in [0.15, 0.2) is 30.3 Å². The molecule has 1 aromatic rings. The second-order valence-electron chi connectivity index (χ2n) is 6.61. The molecule has 0 bridgehead atoms. The molecule has 1 saturated heterocycles. The van der Waals surface area contributed by atoms with Crippen molar-refractivity contribution in [3.8, 4) is 0 Å². The third-order valence-electron chi connectivity index (χ3n) is 4.94. The Morgan fingerprint density at radius 1 is 1.17 bits per heavy atom. The van der Waals surface area contributed by atoms with Gasteiger partial charge in [-0.05, 0) is 31.4 Å². The average molecular weight is 328 g/mol. The SMILES string of the molecule is CCCC(=O)N(C1CCCC1)C1CC(=O)N(c2ccccc2)C1=O. The summed E-state index contributed by atoms with van der Waals surface area (Å²) in [5.74, 6) is -0.475. The van der Waals surface area contributed by atoms with Gasteiger partial charge in [0.1, 0.15) is 6.04 Å². The van der Waals surface area contributed by atoms with E-state index in [1.54, 1.807) is 29.2 Å². The second-order valence-corrected chi connectivity index (χ2v) is 6.61. The van der Waals surface area contributed by atoms with E-state index in [4.69, 9.17) is 0 Å². The van der Waals surface area contributed by atoms with Gasteiger partial charge in [-0.2, -0.15) is 0 Å². The number of imide groups is 1. The molecule has 0 radical (unpaired) electrons. The molecule has 1 heterocycles. The lowest BCUT2D eigenvalue weighted by Gasteiger charge is -2.33. The summed E-state index contributed by atoms with van der Waals surface area (Å²) in [5.41, 5.74) is 0.587. The van der Waals surface area contributed by atoms with Crippen LogP contribution >= 0.6 is 0 Å². The second kappa shape index (κ2) is 7.16. The summed E-state index contributed by atoms with van der Waals surface area (Å²) in [4.78, 5) is 41.0. The molecular formula is C19H24N2O3. The predicted molar refractivity (Wildman–Crippen MR) is 91.4 cm³/mol. The van der Waals surface area contributed by atoms with Gasteiger partial charge in [-0.1, -0.05) is 38.0 Å². The molecule has 2 fully saturated rings. The Morgan fingerprint density at radius 2 is 1.83 bits per heavy atom. The van der Waals surface area contributed by atoms with Gasteiger partial charge in [0.15, 0.2) is 0 Å². The molecule has 1 atom stereocenters. The van der Waals surface area contributed by atoms with E-state index in [0.717, 1.165) is 32.1 Å². The zero-order chi connectivity index (χ0) is 17.1. The Morgan fingerprint density at radius 3 is 2.46 bits per heavy atom. The van der Waals surface area contributed by atoms with Crippen molar-refractivity contribution < 1.29 is 14.4 Å². The minimum Gasteiger partial charge on any atom is -0.327 e. The fourth-order valence-electron chi connectivity index (χ4n) is 3.84. The van der Waals surface area contributed by atoms with Crippen molar-refractivity contribution >= 4 is 23.4 Å². The van der Waals surface area contributed by atoms with Crippen LogP contribution in [-0.4, -0.2) is 34.7 Å². The highest BCUT2D eigenvalue weighted by atomic mass is 16.2. The number of carbonyl (C=O) groups excluding carboxylic acids is 3. The van der Waals surface area contributed by atoms with E-state index < -0.39 is 6.04 Å². The lowest BCUT2D eigenvalue weighted by molar-refractivity contribution is -0.141. The van der Waals surface area contributed by atoms with Gasteiger partial charge in [-0.25, -0.2) is 4.90 Å². The van der Waals surface area contributed by atoms with Gasteiger partial charge < -0.3 is 4.90 Å². The van der Waals surface area contributed by atoms with E-state index in [1.165, 1.54) is 4.90 Å². The fourth-order valence-corrected chi connectivity index (χ4v) is 3.84. The summed E-state index contributed by atoms with van der Waals surface area (Å²) in [6.45, 7) is 1.96. The topological polar surface area (TPSA) is 57.7 Å². The number of para-hydroxylation sites is 1. The highest BCUT2D eigenvalue weighted by Crippen LogP contribution is 2.32. The van der Waals surface area contributed by atoms with Crippen LogP contribution in [0.1, 0.15) is 51.9 Å². The lowest BCUT2D eigenvalue weighted by atomic mass is 10.1. The molecule has 128 valence electrons. The normalized spacial score (nSPS) is 21.5. The van der Waals surface area contributed by atoms with Crippen LogP contribution in [0.5, 0.6) is 0 Å². The van der Waals surface area contributed by atoms with Gasteiger partial charge in [-0.3, -0.25) is 14.4 Å². The molecule has 1 aliphatic carbocycles. The molecule has 5 nitrogen and oxygen atoms in total. The van der Waals surface area contributed by atoms with Crippen molar-refractivity contribution in [3.63, 3.8) is 0 Å². The van der Waals surface area contributed by atoms with Crippen LogP contribution in [0, 0.1) is 0 Å². The molecule has 3 rings (SSSR count). The molecule has 1 aliphatic heterocycles. The number of hydrogen-bond acceptors (Lipinski definition) is 3. The largest absolute Gasteiger partial charge is 0.327 e. The minimum absolute atomic E-state index is 0.00506.